The number of nitrogens with one attached hydrogen (secondary N) is 1. The predicted octanol–water partition coefficient (Wildman–Crippen LogP) is 3.61. The molecule has 2 rings (SSSR count). The van der Waals surface area contributed by atoms with Crippen LogP contribution in [0.5, 0.6) is 0 Å². The molecule has 96 valence electrons. The molecule has 5 heteroatoms. The van der Waals surface area contributed by atoms with Crippen molar-refractivity contribution < 1.29 is 0 Å². The summed E-state index contributed by atoms with van der Waals surface area (Å²) in [4.78, 5) is 4.43. The third kappa shape index (κ3) is 3.99. The molecular weight excluding hydrogens is 262 g/mol. The standard InChI is InChI=1S/C13H17N3S2/c1-3-12-15-13(18-16-12)17-9-8-14-11-6-4-10(2)5-7-11/h4-7,14H,3,8-9H2,1-2H3. The second-order valence-corrected chi connectivity index (χ2v) is 6.07. The molecule has 0 fully saturated rings. The molecule has 0 atom stereocenters. The van der Waals surface area contributed by atoms with Crippen LogP contribution in [0.4, 0.5) is 5.69 Å². The number of aromatic nitrogens is 2. The lowest BCUT2D eigenvalue weighted by molar-refractivity contribution is 0.971. The monoisotopic (exact) mass is 279 g/mol. The summed E-state index contributed by atoms with van der Waals surface area (Å²) in [5.41, 5.74) is 2.46. The van der Waals surface area contributed by atoms with Gasteiger partial charge in [0.1, 0.15) is 5.82 Å². The number of benzene rings is 1. The minimum absolute atomic E-state index is 0.915. The van der Waals surface area contributed by atoms with E-state index < -0.39 is 0 Å². The maximum absolute atomic E-state index is 4.43. The molecule has 0 aliphatic rings. The van der Waals surface area contributed by atoms with Crippen molar-refractivity contribution in [3.05, 3.63) is 35.7 Å². The van der Waals surface area contributed by atoms with E-state index in [0.29, 0.717) is 0 Å². The molecular formula is C13H17N3S2. The molecule has 1 N–H and O–H groups in total. The number of anilines is 1. The fraction of sp³-hybridized carbons (Fsp3) is 0.385. The lowest BCUT2D eigenvalue weighted by Gasteiger charge is -2.05. The van der Waals surface area contributed by atoms with Crippen LogP contribution in [0.1, 0.15) is 18.3 Å². The highest BCUT2D eigenvalue weighted by Crippen LogP contribution is 2.20. The molecule has 0 saturated heterocycles. The van der Waals surface area contributed by atoms with E-state index in [1.54, 1.807) is 11.8 Å². The zero-order valence-corrected chi connectivity index (χ0v) is 12.3. The van der Waals surface area contributed by atoms with E-state index in [0.717, 1.165) is 28.9 Å². The van der Waals surface area contributed by atoms with E-state index in [1.165, 1.54) is 22.8 Å². The van der Waals surface area contributed by atoms with E-state index in [1.807, 2.05) is 0 Å². The summed E-state index contributed by atoms with van der Waals surface area (Å²) < 4.78 is 5.34. The van der Waals surface area contributed by atoms with E-state index in [2.05, 4.69) is 52.8 Å². The number of hydrogen-bond acceptors (Lipinski definition) is 5. The third-order valence-electron chi connectivity index (χ3n) is 2.47. The van der Waals surface area contributed by atoms with Crippen molar-refractivity contribution in [2.75, 3.05) is 17.6 Å². The molecule has 0 aliphatic heterocycles. The van der Waals surface area contributed by atoms with Crippen LogP contribution in [0.15, 0.2) is 28.6 Å². The summed E-state index contributed by atoms with van der Waals surface area (Å²) in [7, 11) is 0. The van der Waals surface area contributed by atoms with E-state index in [-0.39, 0.29) is 0 Å². The van der Waals surface area contributed by atoms with Crippen molar-refractivity contribution in [1.29, 1.82) is 0 Å². The van der Waals surface area contributed by atoms with Crippen LogP contribution in [0, 0.1) is 6.92 Å². The summed E-state index contributed by atoms with van der Waals surface area (Å²) in [5, 5.41) is 3.40. The highest BCUT2D eigenvalue weighted by atomic mass is 32.2. The Kier molecular flexibility index (Phi) is 5.01. The first-order valence-electron chi connectivity index (χ1n) is 6.04. The highest BCUT2D eigenvalue weighted by Gasteiger charge is 2.02. The Labute approximate surface area is 116 Å². The Bertz CT molecular complexity index is 479. The molecule has 1 aromatic carbocycles. The largest absolute Gasteiger partial charge is 0.384 e. The minimum atomic E-state index is 0.915. The molecule has 18 heavy (non-hydrogen) atoms. The molecule has 2 aromatic rings. The van der Waals surface area contributed by atoms with E-state index in [9.17, 15) is 0 Å². The van der Waals surface area contributed by atoms with Gasteiger partial charge in [0.15, 0.2) is 4.34 Å². The van der Waals surface area contributed by atoms with Crippen molar-refractivity contribution in [1.82, 2.24) is 9.36 Å². The highest BCUT2D eigenvalue weighted by molar-refractivity contribution is 8.00. The third-order valence-corrected chi connectivity index (χ3v) is 4.35. The number of aryl methyl sites for hydroxylation is 2. The van der Waals surface area contributed by atoms with Crippen LogP contribution in [0.2, 0.25) is 0 Å². The van der Waals surface area contributed by atoms with E-state index >= 15 is 0 Å². The van der Waals surface area contributed by atoms with Gasteiger partial charge in [-0.15, -0.1) is 0 Å². The molecule has 0 unspecified atom stereocenters. The number of thioether (sulfide) groups is 1. The van der Waals surface area contributed by atoms with Gasteiger partial charge in [0.2, 0.25) is 0 Å². The Balaban J connectivity index is 1.71. The van der Waals surface area contributed by atoms with Crippen LogP contribution < -0.4 is 5.32 Å². The van der Waals surface area contributed by atoms with Gasteiger partial charge in [-0.25, -0.2) is 4.98 Å². The zero-order chi connectivity index (χ0) is 12.8. The topological polar surface area (TPSA) is 37.8 Å². The quantitative estimate of drug-likeness (QED) is 0.647. The van der Waals surface area contributed by atoms with Crippen LogP contribution in [0.3, 0.4) is 0 Å². The van der Waals surface area contributed by atoms with Gasteiger partial charge in [0, 0.05) is 24.4 Å². The first-order chi connectivity index (χ1) is 8.78. The summed E-state index contributed by atoms with van der Waals surface area (Å²) >= 11 is 3.26. The van der Waals surface area contributed by atoms with E-state index in [4.69, 9.17) is 0 Å². The van der Waals surface area contributed by atoms with Crippen LogP contribution >= 0.6 is 23.3 Å². The second-order valence-electron chi connectivity index (χ2n) is 3.97. The summed E-state index contributed by atoms with van der Waals surface area (Å²) in [6.07, 6.45) is 0.915. The molecule has 0 radical (unpaired) electrons. The molecule has 1 heterocycles. The van der Waals surface area contributed by atoms with Gasteiger partial charge < -0.3 is 5.32 Å². The summed E-state index contributed by atoms with van der Waals surface area (Å²) in [6.45, 7) is 5.12. The SMILES string of the molecule is CCc1nsc(SCCNc2ccc(C)cc2)n1. The normalized spacial score (nSPS) is 10.6. The van der Waals surface area contributed by atoms with Crippen LogP contribution in [-0.4, -0.2) is 21.7 Å². The van der Waals surface area contributed by atoms with Crippen molar-refractivity contribution in [2.24, 2.45) is 0 Å². The van der Waals surface area contributed by atoms with Crippen LogP contribution in [0.25, 0.3) is 0 Å². The maximum atomic E-state index is 4.43. The fourth-order valence-electron chi connectivity index (χ4n) is 1.45. The molecule has 0 spiro atoms. The van der Waals surface area contributed by atoms with Crippen molar-refractivity contribution in [2.45, 2.75) is 24.6 Å². The van der Waals surface area contributed by atoms with Gasteiger partial charge in [-0.1, -0.05) is 36.4 Å². The molecule has 0 saturated carbocycles. The lowest BCUT2D eigenvalue weighted by Crippen LogP contribution is -2.03. The Morgan fingerprint density at radius 2 is 2.06 bits per heavy atom. The average Bonchev–Trinajstić information content (AvgIpc) is 2.85. The Morgan fingerprint density at radius 1 is 1.28 bits per heavy atom. The maximum Gasteiger partial charge on any atom is 0.170 e. The lowest BCUT2D eigenvalue weighted by atomic mass is 10.2. The van der Waals surface area contributed by atoms with Crippen molar-refractivity contribution in [3.63, 3.8) is 0 Å². The molecule has 1 aromatic heterocycles. The Morgan fingerprint density at radius 3 is 2.72 bits per heavy atom. The molecule has 0 bridgehead atoms. The zero-order valence-electron chi connectivity index (χ0n) is 10.6. The molecule has 0 amide bonds. The number of nitrogens with zero attached hydrogens (tertiary/aromatic N) is 2. The molecule has 0 aliphatic carbocycles. The van der Waals surface area contributed by atoms with Crippen molar-refractivity contribution >= 4 is 29.0 Å². The first kappa shape index (κ1) is 13.4. The number of hydrogen-bond donors (Lipinski definition) is 1. The van der Waals surface area contributed by atoms with Crippen molar-refractivity contribution in [3.8, 4) is 0 Å². The fourth-order valence-corrected chi connectivity index (χ4v) is 3.07. The van der Waals surface area contributed by atoms with Gasteiger partial charge in [-0.2, -0.15) is 4.37 Å². The van der Waals surface area contributed by atoms with Gasteiger partial charge in [0.25, 0.3) is 0 Å². The summed E-state index contributed by atoms with van der Waals surface area (Å²) in [5.74, 6) is 1.96. The van der Waals surface area contributed by atoms with Gasteiger partial charge in [-0.3, -0.25) is 0 Å². The smallest absolute Gasteiger partial charge is 0.170 e. The van der Waals surface area contributed by atoms with Gasteiger partial charge in [0.05, 0.1) is 0 Å². The minimum Gasteiger partial charge on any atom is -0.384 e. The number of rotatable bonds is 6. The van der Waals surface area contributed by atoms with Crippen LogP contribution in [-0.2, 0) is 6.42 Å². The molecule has 3 nitrogen and oxygen atoms in total. The summed E-state index contributed by atoms with van der Waals surface area (Å²) in [6, 6.07) is 8.46. The second kappa shape index (κ2) is 6.75. The van der Waals surface area contributed by atoms with Gasteiger partial charge in [-0.05, 0) is 30.6 Å². The first-order valence-corrected chi connectivity index (χ1v) is 7.79. The Hall–Kier alpha value is -1.07. The predicted molar refractivity (Wildman–Crippen MR) is 79.7 cm³/mol. The average molecular weight is 279 g/mol. The van der Waals surface area contributed by atoms with Gasteiger partial charge >= 0.3 is 0 Å².